The van der Waals surface area contributed by atoms with Crippen LogP contribution in [0.4, 0.5) is 0 Å². The summed E-state index contributed by atoms with van der Waals surface area (Å²) in [5.74, 6) is 0.818. The number of carbonyl (C=O) groups is 1. The number of hydrogen-bond donors (Lipinski definition) is 1. The number of aromatic nitrogens is 1. The van der Waals surface area contributed by atoms with E-state index in [1.807, 2.05) is 4.90 Å². The number of aromatic amines is 1. The van der Waals surface area contributed by atoms with E-state index < -0.39 is 0 Å². The molecule has 21 heavy (non-hydrogen) atoms. The molecule has 3 heteroatoms. The van der Waals surface area contributed by atoms with Gasteiger partial charge in [-0.25, -0.2) is 0 Å². The Labute approximate surface area is 126 Å². The quantitative estimate of drug-likeness (QED) is 0.909. The summed E-state index contributed by atoms with van der Waals surface area (Å²) in [7, 11) is 0. The number of nitrogens with zero attached hydrogens (tertiary/aromatic N) is 1. The first-order valence-electron chi connectivity index (χ1n) is 8.01. The van der Waals surface area contributed by atoms with Gasteiger partial charge < -0.3 is 9.88 Å². The molecule has 112 valence electrons. The maximum atomic E-state index is 12.2. The SMILES string of the molecule is CCCC(=O)N1CCc2[nH]c3ccc(C(C)C)cc3c2C1. The van der Waals surface area contributed by atoms with Crippen molar-refractivity contribution in [3.05, 3.63) is 35.0 Å². The van der Waals surface area contributed by atoms with Crippen molar-refractivity contribution in [3.8, 4) is 0 Å². The van der Waals surface area contributed by atoms with Gasteiger partial charge in [0.15, 0.2) is 0 Å². The molecule has 1 aliphatic heterocycles. The molecule has 0 aliphatic carbocycles. The van der Waals surface area contributed by atoms with Crippen LogP contribution in [0.3, 0.4) is 0 Å². The van der Waals surface area contributed by atoms with Crippen molar-refractivity contribution in [2.75, 3.05) is 6.54 Å². The lowest BCUT2D eigenvalue weighted by Gasteiger charge is -2.27. The third kappa shape index (κ3) is 2.57. The van der Waals surface area contributed by atoms with E-state index in [0.717, 1.165) is 25.9 Å². The fourth-order valence-electron chi connectivity index (χ4n) is 3.18. The Kier molecular flexibility index (Phi) is 3.75. The molecule has 2 aromatic rings. The number of hydrogen-bond acceptors (Lipinski definition) is 1. The molecular formula is C18H24N2O. The molecule has 1 aliphatic rings. The van der Waals surface area contributed by atoms with Gasteiger partial charge in [-0.3, -0.25) is 4.79 Å². The molecule has 0 bridgehead atoms. The van der Waals surface area contributed by atoms with Gasteiger partial charge in [0.2, 0.25) is 5.91 Å². The van der Waals surface area contributed by atoms with Crippen LogP contribution in [0.5, 0.6) is 0 Å². The van der Waals surface area contributed by atoms with E-state index in [1.54, 1.807) is 0 Å². The summed E-state index contributed by atoms with van der Waals surface area (Å²) in [5.41, 5.74) is 5.20. The van der Waals surface area contributed by atoms with Gasteiger partial charge in [0, 0.05) is 48.1 Å². The molecule has 0 fully saturated rings. The average molecular weight is 284 g/mol. The van der Waals surface area contributed by atoms with Gasteiger partial charge in [0.25, 0.3) is 0 Å². The third-order valence-corrected chi connectivity index (χ3v) is 4.48. The Balaban J connectivity index is 1.97. The van der Waals surface area contributed by atoms with E-state index in [-0.39, 0.29) is 5.91 Å². The minimum atomic E-state index is 0.289. The molecule has 0 saturated heterocycles. The number of benzene rings is 1. The number of rotatable bonds is 3. The maximum Gasteiger partial charge on any atom is 0.222 e. The zero-order chi connectivity index (χ0) is 15.0. The molecule has 0 unspecified atom stereocenters. The minimum Gasteiger partial charge on any atom is -0.358 e. The van der Waals surface area contributed by atoms with Crippen molar-refractivity contribution in [3.63, 3.8) is 0 Å². The van der Waals surface area contributed by atoms with Gasteiger partial charge in [-0.15, -0.1) is 0 Å². The summed E-state index contributed by atoms with van der Waals surface area (Å²) >= 11 is 0. The van der Waals surface area contributed by atoms with Crippen molar-refractivity contribution in [2.24, 2.45) is 0 Å². The summed E-state index contributed by atoms with van der Waals surface area (Å²) < 4.78 is 0. The second kappa shape index (κ2) is 5.55. The third-order valence-electron chi connectivity index (χ3n) is 4.48. The van der Waals surface area contributed by atoms with E-state index in [1.165, 1.54) is 27.7 Å². The molecule has 0 radical (unpaired) electrons. The van der Waals surface area contributed by atoms with Gasteiger partial charge in [-0.05, 0) is 30.0 Å². The summed E-state index contributed by atoms with van der Waals surface area (Å²) in [6, 6.07) is 6.68. The molecule has 0 spiro atoms. The Bertz CT molecular complexity index is 669. The largest absolute Gasteiger partial charge is 0.358 e. The highest BCUT2D eigenvalue weighted by Crippen LogP contribution is 2.30. The monoisotopic (exact) mass is 284 g/mol. The van der Waals surface area contributed by atoms with Crippen molar-refractivity contribution in [1.29, 1.82) is 0 Å². The normalized spacial score (nSPS) is 14.8. The second-order valence-corrected chi connectivity index (χ2v) is 6.36. The molecule has 0 saturated carbocycles. The van der Waals surface area contributed by atoms with E-state index in [2.05, 4.69) is 44.0 Å². The second-order valence-electron chi connectivity index (χ2n) is 6.36. The van der Waals surface area contributed by atoms with E-state index in [9.17, 15) is 4.79 Å². The standard InChI is InChI=1S/C18H24N2O/c1-4-5-18(21)20-9-8-17-15(11-20)14-10-13(12(2)3)6-7-16(14)19-17/h6-7,10,12,19H,4-5,8-9,11H2,1-3H3. The van der Waals surface area contributed by atoms with Crippen LogP contribution in [0.1, 0.15) is 56.4 Å². The van der Waals surface area contributed by atoms with E-state index in [0.29, 0.717) is 12.3 Å². The van der Waals surface area contributed by atoms with Crippen molar-refractivity contribution >= 4 is 16.8 Å². The fourth-order valence-corrected chi connectivity index (χ4v) is 3.18. The number of nitrogens with one attached hydrogen (secondary N) is 1. The predicted octanol–water partition coefficient (Wildman–Crippen LogP) is 3.98. The topological polar surface area (TPSA) is 36.1 Å². The first kappa shape index (κ1) is 14.2. The lowest BCUT2D eigenvalue weighted by atomic mass is 9.98. The molecule has 3 nitrogen and oxygen atoms in total. The fraction of sp³-hybridized carbons (Fsp3) is 0.500. The highest BCUT2D eigenvalue weighted by atomic mass is 16.2. The molecule has 3 rings (SSSR count). The van der Waals surface area contributed by atoms with Gasteiger partial charge in [-0.2, -0.15) is 0 Å². The van der Waals surface area contributed by atoms with Gasteiger partial charge in [0.05, 0.1) is 0 Å². The highest BCUT2D eigenvalue weighted by Gasteiger charge is 2.23. The van der Waals surface area contributed by atoms with Crippen LogP contribution in [0.25, 0.3) is 10.9 Å². The zero-order valence-corrected chi connectivity index (χ0v) is 13.2. The van der Waals surface area contributed by atoms with Crippen LogP contribution in [-0.4, -0.2) is 22.3 Å². The summed E-state index contributed by atoms with van der Waals surface area (Å²) in [6.45, 7) is 8.11. The van der Waals surface area contributed by atoms with Crippen LogP contribution in [0, 0.1) is 0 Å². The Morgan fingerprint density at radius 3 is 2.90 bits per heavy atom. The molecule has 1 amide bonds. The lowest BCUT2D eigenvalue weighted by molar-refractivity contribution is -0.132. The summed E-state index contributed by atoms with van der Waals surface area (Å²) in [6.07, 6.45) is 2.53. The van der Waals surface area contributed by atoms with Gasteiger partial charge >= 0.3 is 0 Å². The first-order chi connectivity index (χ1) is 10.1. The summed E-state index contributed by atoms with van der Waals surface area (Å²) in [5, 5.41) is 1.30. The molecule has 1 aromatic heterocycles. The van der Waals surface area contributed by atoms with Gasteiger partial charge in [-0.1, -0.05) is 26.8 Å². The number of carbonyl (C=O) groups excluding carboxylic acids is 1. The molecule has 1 aromatic carbocycles. The lowest BCUT2D eigenvalue weighted by Crippen LogP contribution is -2.35. The molecule has 0 atom stereocenters. The number of H-pyrrole nitrogens is 1. The predicted molar refractivity (Wildman–Crippen MR) is 86.4 cm³/mol. The molecule has 1 N–H and O–H groups in total. The van der Waals surface area contributed by atoms with Crippen LogP contribution in [-0.2, 0) is 17.8 Å². The smallest absolute Gasteiger partial charge is 0.222 e. The van der Waals surface area contributed by atoms with Gasteiger partial charge in [0.1, 0.15) is 0 Å². The van der Waals surface area contributed by atoms with E-state index >= 15 is 0 Å². The Morgan fingerprint density at radius 2 is 2.19 bits per heavy atom. The van der Waals surface area contributed by atoms with Crippen molar-refractivity contribution in [1.82, 2.24) is 9.88 Å². The average Bonchev–Trinajstić information content (AvgIpc) is 2.84. The minimum absolute atomic E-state index is 0.289. The highest BCUT2D eigenvalue weighted by molar-refractivity contribution is 5.86. The van der Waals surface area contributed by atoms with E-state index in [4.69, 9.17) is 0 Å². The van der Waals surface area contributed by atoms with Crippen LogP contribution < -0.4 is 0 Å². The first-order valence-corrected chi connectivity index (χ1v) is 8.01. The Hall–Kier alpha value is -1.77. The number of fused-ring (bicyclic) bond motifs is 3. The van der Waals surface area contributed by atoms with Crippen LogP contribution >= 0.6 is 0 Å². The number of amides is 1. The maximum absolute atomic E-state index is 12.2. The zero-order valence-electron chi connectivity index (χ0n) is 13.2. The Morgan fingerprint density at radius 1 is 1.38 bits per heavy atom. The van der Waals surface area contributed by atoms with Crippen molar-refractivity contribution in [2.45, 2.75) is 52.5 Å². The summed E-state index contributed by atoms with van der Waals surface area (Å²) in [4.78, 5) is 17.7. The van der Waals surface area contributed by atoms with Crippen molar-refractivity contribution < 1.29 is 4.79 Å². The van der Waals surface area contributed by atoms with Crippen LogP contribution in [0.15, 0.2) is 18.2 Å². The molecule has 2 heterocycles. The van der Waals surface area contributed by atoms with Crippen LogP contribution in [0.2, 0.25) is 0 Å². The molecular weight excluding hydrogens is 260 g/mol.